The Morgan fingerprint density at radius 1 is 1.38 bits per heavy atom. The van der Waals surface area contributed by atoms with E-state index in [-0.39, 0.29) is 16.9 Å². The fourth-order valence-electron chi connectivity index (χ4n) is 3.15. The SMILES string of the molecule is CC(C)CN1CCC(NC(=O)Nc2ccc3[nH]c(=O)sc3c2)CC1. The number of rotatable bonds is 4. The van der Waals surface area contributed by atoms with Crippen molar-refractivity contribution in [1.29, 1.82) is 0 Å². The molecule has 3 N–H and O–H groups in total. The van der Waals surface area contributed by atoms with Crippen LogP contribution in [-0.2, 0) is 0 Å². The summed E-state index contributed by atoms with van der Waals surface area (Å²) in [5, 5.41) is 5.91. The summed E-state index contributed by atoms with van der Waals surface area (Å²) in [6.07, 6.45) is 1.97. The third-order valence-corrected chi connectivity index (χ3v) is 5.07. The number of anilines is 1. The molecule has 1 aromatic heterocycles. The molecule has 1 saturated heterocycles. The van der Waals surface area contributed by atoms with E-state index in [1.165, 1.54) is 0 Å². The number of amides is 2. The number of nitrogens with zero attached hydrogens (tertiary/aromatic N) is 1. The molecule has 2 aromatic rings. The summed E-state index contributed by atoms with van der Waals surface area (Å²) >= 11 is 1.15. The summed E-state index contributed by atoms with van der Waals surface area (Å²) in [7, 11) is 0. The normalized spacial score (nSPS) is 16.6. The van der Waals surface area contributed by atoms with Crippen LogP contribution in [0.5, 0.6) is 0 Å². The fourth-order valence-corrected chi connectivity index (χ4v) is 3.93. The van der Waals surface area contributed by atoms with E-state index in [0.717, 1.165) is 54.0 Å². The zero-order valence-corrected chi connectivity index (χ0v) is 14.9. The highest BCUT2D eigenvalue weighted by Gasteiger charge is 2.21. The molecule has 1 aliphatic heterocycles. The third kappa shape index (κ3) is 4.36. The lowest BCUT2D eigenvalue weighted by Gasteiger charge is -2.33. The predicted molar refractivity (Wildman–Crippen MR) is 98.9 cm³/mol. The van der Waals surface area contributed by atoms with Gasteiger partial charge in [-0.1, -0.05) is 25.2 Å². The van der Waals surface area contributed by atoms with Crippen molar-refractivity contribution in [1.82, 2.24) is 15.2 Å². The summed E-state index contributed by atoms with van der Waals surface area (Å²) in [6, 6.07) is 5.48. The highest BCUT2D eigenvalue weighted by atomic mass is 32.1. The predicted octanol–water partition coefficient (Wildman–Crippen LogP) is 2.83. The van der Waals surface area contributed by atoms with E-state index in [0.29, 0.717) is 11.6 Å². The van der Waals surface area contributed by atoms with Crippen molar-refractivity contribution in [3.63, 3.8) is 0 Å². The van der Waals surface area contributed by atoms with Crippen LogP contribution in [0.3, 0.4) is 0 Å². The molecule has 1 aromatic carbocycles. The quantitative estimate of drug-likeness (QED) is 0.795. The van der Waals surface area contributed by atoms with Crippen LogP contribution in [0.4, 0.5) is 10.5 Å². The van der Waals surface area contributed by atoms with E-state index in [4.69, 9.17) is 0 Å². The molecular weight excluding hydrogens is 324 g/mol. The van der Waals surface area contributed by atoms with Crippen LogP contribution in [0, 0.1) is 5.92 Å². The summed E-state index contributed by atoms with van der Waals surface area (Å²) < 4.78 is 0.847. The minimum atomic E-state index is -0.181. The van der Waals surface area contributed by atoms with E-state index in [2.05, 4.69) is 34.4 Å². The molecule has 0 atom stereocenters. The van der Waals surface area contributed by atoms with Crippen LogP contribution in [0.1, 0.15) is 26.7 Å². The average molecular weight is 348 g/mol. The Balaban J connectivity index is 1.51. The molecule has 24 heavy (non-hydrogen) atoms. The molecule has 2 heterocycles. The number of likely N-dealkylation sites (tertiary alicyclic amines) is 1. The van der Waals surface area contributed by atoms with Gasteiger partial charge in [0, 0.05) is 31.4 Å². The summed E-state index contributed by atoms with van der Waals surface area (Å²) in [4.78, 5) is 28.6. The van der Waals surface area contributed by atoms with E-state index in [1.54, 1.807) is 6.07 Å². The van der Waals surface area contributed by atoms with Crippen molar-refractivity contribution in [3.05, 3.63) is 27.9 Å². The molecule has 7 heteroatoms. The molecule has 1 fully saturated rings. The lowest BCUT2D eigenvalue weighted by atomic mass is 10.0. The molecule has 0 spiro atoms. The van der Waals surface area contributed by atoms with Gasteiger partial charge in [-0.25, -0.2) is 4.79 Å². The Bertz CT molecular complexity index is 759. The van der Waals surface area contributed by atoms with Gasteiger partial charge in [0.15, 0.2) is 0 Å². The molecule has 2 amide bonds. The molecule has 0 saturated carbocycles. The number of fused-ring (bicyclic) bond motifs is 1. The van der Waals surface area contributed by atoms with E-state index >= 15 is 0 Å². The van der Waals surface area contributed by atoms with Crippen LogP contribution in [0.15, 0.2) is 23.0 Å². The molecule has 0 aliphatic carbocycles. The lowest BCUT2D eigenvalue weighted by Crippen LogP contribution is -2.46. The smallest absolute Gasteiger partial charge is 0.319 e. The van der Waals surface area contributed by atoms with Gasteiger partial charge in [-0.3, -0.25) is 4.79 Å². The van der Waals surface area contributed by atoms with E-state index in [9.17, 15) is 9.59 Å². The number of thiazole rings is 1. The minimum absolute atomic E-state index is 0.0836. The van der Waals surface area contributed by atoms with Gasteiger partial charge in [0.1, 0.15) is 0 Å². The van der Waals surface area contributed by atoms with Crippen molar-refractivity contribution < 1.29 is 4.79 Å². The first-order chi connectivity index (χ1) is 11.5. The van der Waals surface area contributed by atoms with Crippen molar-refractivity contribution in [2.75, 3.05) is 25.0 Å². The Hall–Kier alpha value is -1.86. The van der Waals surface area contributed by atoms with Gasteiger partial charge >= 0.3 is 10.9 Å². The highest BCUT2D eigenvalue weighted by Crippen LogP contribution is 2.19. The molecule has 130 valence electrons. The maximum Gasteiger partial charge on any atom is 0.319 e. The standard InChI is InChI=1S/C17H24N4O2S/c1-11(2)10-21-7-5-12(6-8-21)18-16(22)19-13-3-4-14-15(9-13)24-17(23)20-14/h3-4,9,11-12H,5-8,10H2,1-2H3,(H,20,23)(H2,18,19,22). The Labute approximate surface area is 145 Å². The Morgan fingerprint density at radius 3 is 2.83 bits per heavy atom. The largest absolute Gasteiger partial charge is 0.335 e. The maximum atomic E-state index is 12.2. The van der Waals surface area contributed by atoms with Crippen LogP contribution in [0.2, 0.25) is 0 Å². The van der Waals surface area contributed by atoms with Crippen molar-refractivity contribution in [3.8, 4) is 0 Å². The number of benzene rings is 1. The second kappa shape index (κ2) is 7.36. The maximum absolute atomic E-state index is 12.2. The van der Waals surface area contributed by atoms with Gasteiger partial charge in [-0.15, -0.1) is 0 Å². The first kappa shape index (κ1) is 17.0. The number of aromatic nitrogens is 1. The number of aromatic amines is 1. The fraction of sp³-hybridized carbons (Fsp3) is 0.529. The second-order valence-electron chi connectivity index (χ2n) is 6.79. The molecule has 3 rings (SSSR count). The third-order valence-electron chi connectivity index (χ3n) is 4.23. The zero-order valence-electron chi connectivity index (χ0n) is 14.1. The van der Waals surface area contributed by atoms with E-state index in [1.807, 2.05) is 12.1 Å². The summed E-state index contributed by atoms with van der Waals surface area (Å²) in [6.45, 7) is 7.66. The van der Waals surface area contributed by atoms with Crippen molar-refractivity contribution in [2.24, 2.45) is 5.92 Å². The van der Waals surface area contributed by atoms with Gasteiger partial charge in [0.05, 0.1) is 10.2 Å². The van der Waals surface area contributed by atoms with Crippen molar-refractivity contribution >= 4 is 33.3 Å². The number of nitrogens with one attached hydrogen (secondary N) is 3. The number of carbonyl (C=O) groups excluding carboxylic acids is 1. The molecule has 1 aliphatic rings. The van der Waals surface area contributed by atoms with Gasteiger partial charge in [0.2, 0.25) is 0 Å². The first-order valence-corrected chi connectivity index (χ1v) is 9.24. The van der Waals surface area contributed by atoms with Crippen LogP contribution < -0.4 is 15.5 Å². The Kier molecular flexibility index (Phi) is 5.20. The summed E-state index contributed by atoms with van der Waals surface area (Å²) in [5.41, 5.74) is 1.50. The van der Waals surface area contributed by atoms with E-state index < -0.39 is 0 Å². The molecule has 0 unspecified atom stereocenters. The number of H-pyrrole nitrogens is 1. The van der Waals surface area contributed by atoms with Gasteiger partial charge in [-0.2, -0.15) is 0 Å². The molecule has 6 nitrogen and oxygen atoms in total. The van der Waals surface area contributed by atoms with Crippen LogP contribution in [0.25, 0.3) is 10.2 Å². The second-order valence-corrected chi connectivity index (χ2v) is 7.81. The first-order valence-electron chi connectivity index (χ1n) is 8.42. The molecule has 0 bridgehead atoms. The number of piperidine rings is 1. The van der Waals surface area contributed by atoms with Gasteiger partial charge < -0.3 is 20.5 Å². The Morgan fingerprint density at radius 2 is 2.12 bits per heavy atom. The van der Waals surface area contributed by atoms with Crippen molar-refractivity contribution in [2.45, 2.75) is 32.7 Å². The average Bonchev–Trinajstić information content (AvgIpc) is 2.88. The number of carbonyl (C=O) groups is 1. The van der Waals surface area contributed by atoms with Crippen LogP contribution in [-0.4, -0.2) is 41.6 Å². The number of urea groups is 1. The minimum Gasteiger partial charge on any atom is -0.335 e. The van der Waals surface area contributed by atoms with Gasteiger partial charge in [0.25, 0.3) is 0 Å². The highest BCUT2D eigenvalue weighted by molar-refractivity contribution is 7.16. The summed E-state index contributed by atoms with van der Waals surface area (Å²) in [5.74, 6) is 0.678. The molecular formula is C17H24N4O2S. The number of hydrogen-bond acceptors (Lipinski definition) is 4. The molecule has 0 radical (unpaired) electrons. The number of hydrogen-bond donors (Lipinski definition) is 3. The zero-order chi connectivity index (χ0) is 17.1. The lowest BCUT2D eigenvalue weighted by molar-refractivity contribution is 0.180. The van der Waals surface area contributed by atoms with Crippen LogP contribution >= 0.6 is 11.3 Å². The topological polar surface area (TPSA) is 77.2 Å². The monoisotopic (exact) mass is 348 g/mol. The van der Waals surface area contributed by atoms with Gasteiger partial charge in [-0.05, 0) is 37.0 Å².